The summed E-state index contributed by atoms with van der Waals surface area (Å²) < 4.78 is 7.59. The highest BCUT2D eigenvalue weighted by atomic mass is 32.2. The van der Waals surface area contributed by atoms with Gasteiger partial charge in [-0.2, -0.15) is 0 Å². The number of carbonyl (C=O) groups is 1. The normalized spacial score (nSPS) is 13.7. The molecular weight excluding hydrogens is 360 g/mol. The first-order valence-corrected chi connectivity index (χ1v) is 10.2. The van der Waals surface area contributed by atoms with Gasteiger partial charge in [0.15, 0.2) is 5.16 Å². The molecule has 0 N–H and O–H groups in total. The molecule has 0 radical (unpaired) electrons. The number of rotatable bonds is 8. The Kier molecular flexibility index (Phi) is 5.29. The van der Waals surface area contributed by atoms with Gasteiger partial charge in [-0.3, -0.25) is 9.36 Å². The van der Waals surface area contributed by atoms with Crippen LogP contribution >= 0.6 is 11.8 Å². The van der Waals surface area contributed by atoms with Crippen molar-refractivity contribution in [3.05, 3.63) is 60.3 Å². The van der Waals surface area contributed by atoms with E-state index in [0.29, 0.717) is 24.8 Å². The number of carbonyl (C=O) groups excluding carboxylic acids is 1. The van der Waals surface area contributed by atoms with Crippen molar-refractivity contribution in [2.24, 2.45) is 0 Å². The molecular formula is C20H22N4O2S. The molecule has 2 heterocycles. The molecule has 0 unspecified atom stereocenters. The predicted molar refractivity (Wildman–Crippen MR) is 105 cm³/mol. The summed E-state index contributed by atoms with van der Waals surface area (Å²) in [5.74, 6) is 2.73. The van der Waals surface area contributed by atoms with Crippen LogP contribution in [0.1, 0.15) is 37.3 Å². The largest absolute Gasteiger partial charge is 0.467 e. The Labute approximate surface area is 162 Å². The summed E-state index contributed by atoms with van der Waals surface area (Å²) in [5, 5.41) is 9.51. The molecule has 2 aromatic heterocycles. The van der Waals surface area contributed by atoms with E-state index in [4.69, 9.17) is 4.42 Å². The highest BCUT2D eigenvalue weighted by Crippen LogP contribution is 2.40. The van der Waals surface area contributed by atoms with Gasteiger partial charge in [0.2, 0.25) is 5.91 Å². The Morgan fingerprint density at radius 1 is 1.22 bits per heavy atom. The van der Waals surface area contributed by atoms with Crippen molar-refractivity contribution < 1.29 is 9.21 Å². The van der Waals surface area contributed by atoms with E-state index in [0.717, 1.165) is 35.3 Å². The Morgan fingerprint density at radius 3 is 2.70 bits per heavy atom. The topological polar surface area (TPSA) is 64.2 Å². The van der Waals surface area contributed by atoms with E-state index in [-0.39, 0.29) is 5.91 Å². The van der Waals surface area contributed by atoms with Gasteiger partial charge >= 0.3 is 0 Å². The van der Waals surface area contributed by atoms with Gasteiger partial charge in [0.25, 0.3) is 0 Å². The fraction of sp³-hybridized carbons (Fsp3) is 0.350. The smallest absolute Gasteiger partial charge is 0.237 e. The van der Waals surface area contributed by atoms with Crippen LogP contribution < -0.4 is 4.90 Å². The highest BCUT2D eigenvalue weighted by Gasteiger charge is 2.31. The molecule has 1 aromatic carbocycles. The van der Waals surface area contributed by atoms with Crippen molar-refractivity contribution in [1.82, 2.24) is 14.8 Å². The van der Waals surface area contributed by atoms with Crippen LogP contribution in [-0.2, 0) is 11.3 Å². The summed E-state index contributed by atoms with van der Waals surface area (Å²) in [6, 6.07) is 13.6. The van der Waals surface area contributed by atoms with Crippen LogP contribution in [0, 0.1) is 0 Å². The molecule has 3 aromatic rings. The lowest BCUT2D eigenvalue weighted by molar-refractivity contribution is -0.116. The van der Waals surface area contributed by atoms with Crippen molar-refractivity contribution in [2.75, 3.05) is 17.2 Å². The highest BCUT2D eigenvalue weighted by molar-refractivity contribution is 7.99. The van der Waals surface area contributed by atoms with Crippen LogP contribution in [0.5, 0.6) is 0 Å². The Balaban J connectivity index is 1.48. The van der Waals surface area contributed by atoms with Crippen molar-refractivity contribution in [3.63, 3.8) is 0 Å². The first-order chi connectivity index (χ1) is 13.3. The minimum absolute atomic E-state index is 0.0641. The van der Waals surface area contributed by atoms with E-state index in [1.54, 1.807) is 11.2 Å². The number of anilines is 1. The zero-order valence-electron chi connectivity index (χ0n) is 15.2. The summed E-state index contributed by atoms with van der Waals surface area (Å²) in [5.41, 5.74) is 0.918. The molecule has 1 saturated carbocycles. The summed E-state index contributed by atoms with van der Waals surface area (Å²) >= 11 is 1.44. The van der Waals surface area contributed by atoms with Crippen LogP contribution in [0.2, 0.25) is 0 Å². The first kappa shape index (κ1) is 17.9. The number of aromatic nitrogens is 3. The van der Waals surface area contributed by atoms with Crippen molar-refractivity contribution in [1.29, 1.82) is 0 Å². The Bertz CT molecular complexity index is 888. The molecule has 6 nitrogen and oxygen atoms in total. The summed E-state index contributed by atoms with van der Waals surface area (Å²) in [4.78, 5) is 14.6. The van der Waals surface area contributed by atoms with Gasteiger partial charge in [0.05, 0.1) is 18.6 Å². The Morgan fingerprint density at radius 2 is 2.04 bits per heavy atom. The van der Waals surface area contributed by atoms with Gasteiger partial charge in [-0.1, -0.05) is 30.0 Å². The number of hydrogen-bond acceptors (Lipinski definition) is 5. The number of nitrogens with zero attached hydrogens (tertiary/aromatic N) is 4. The molecule has 0 atom stereocenters. The maximum absolute atomic E-state index is 12.8. The number of benzene rings is 1. The SMILES string of the molecule is CCN(C(=O)CSc1nnc(C2CC2)n1Cc1ccco1)c1ccccc1. The Hall–Kier alpha value is -2.54. The molecule has 27 heavy (non-hydrogen) atoms. The van der Waals surface area contributed by atoms with E-state index in [1.165, 1.54) is 11.8 Å². The van der Waals surface area contributed by atoms with E-state index < -0.39 is 0 Å². The first-order valence-electron chi connectivity index (χ1n) is 9.20. The second-order valence-corrected chi connectivity index (χ2v) is 7.49. The van der Waals surface area contributed by atoms with Crippen LogP contribution in [0.3, 0.4) is 0 Å². The summed E-state index contributed by atoms with van der Waals surface area (Å²) in [7, 11) is 0. The van der Waals surface area contributed by atoms with Gasteiger partial charge in [-0.15, -0.1) is 10.2 Å². The molecule has 0 aliphatic heterocycles. The quantitative estimate of drug-likeness (QED) is 0.552. The van der Waals surface area contributed by atoms with Gasteiger partial charge in [0.1, 0.15) is 11.6 Å². The molecule has 1 amide bonds. The lowest BCUT2D eigenvalue weighted by Crippen LogP contribution is -2.32. The van der Waals surface area contributed by atoms with E-state index in [2.05, 4.69) is 14.8 Å². The minimum atomic E-state index is 0.0641. The molecule has 1 aliphatic rings. The molecule has 4 rings (SSSR count). The summed E-state index contributed by atoms with van der Waals surface area (Å²) in [6.45, 7) is 3.22. The maximum Gasteiger partial charge on any atom is 0.237 e. The van der Waals surface area contributed by atoms with Gasteiger partial charge in [-0.25, -0.2) is 0 Å². The van der Waals surface area contributed by atoms with Crippen LogP contribution in [0.25, 0.3) is 0 Å². The monoisotopic (exact) mass is 382 g/mol. The number of hydrogen-bond donors (Lipinski definition) is 0. The predicted octanol–water partition coefficient (Wildman–Crippen LogP) is 3.94. The van der Waals surface area contributed by atoms with Crippen LogP contribution in [-0.4, -0.2) is 33.0 Å². The zero-order chi connectivity index (χ0) is 18.6. The van der Waals surface area contributed by atoms with E-state index >= 15 is 0 Å². The molecule has 0 spiro atoms. The van der Waals surface area contributed by atoms with Crippen molar-refractivity contribution in [3.8, 4) is 0 Å². The van der Waals surface area contributed by atoms with E-state index in [9.17, 15) is 4.79 Å². The lowest BCUT2D eigenvalue weighted by Gasteiger charge is -2.20. The molecule has 1 fully saturated rings. The minimum Gasteiger partial charge on any atom is -0.467 e. The molecule has 7 heteroatoms. The van der Waals surface area contributed by atoms with Gasteiger partial charge in [0, 0.05) is 18.2 Å². The van der Waals surface area contributed by atoms with E-state index in [1.807, 2.05) is 49.4 Å². The van der Waals surface area contributed by atoms with Gasteiger partial charge in [-0.05, 0) is 44.0 Å². The third-order valence-corrected chi connectivity index (χ3v) is 5.54. The summed E-state index contributed by atoms with van der Waals surface area (Å²) in [6.07, 6.45) is 3.97. The van der Waals surface area contributed by atoms with Crippen LogP contribution in [0.4, 0.5) is 5.69 Å². The standard InChI is InChI=1S/C20H22N4O2S/c1-2-23(16-7-4-3-5-8-16)18(25)14-27-20-22-21-19(15-10-11-15)24(20)13-17-9-6-12-26-17/h3-9,12,15H,2,10-11,13-14H2,1H3. The number of furan rings is 1. The lowest BCUT2D eigenvalue weighted by atomic mass is 10.3. The number of thioether (sulfide) groups is 1. The third-order valence-electron chi connectivity index (χ3n) is 4.59. The van der Waals surface area contributed by atoms with Crippen molar-refractivity contribution >= 4 is 23.4 Å². The third kappa shape index (κ3) is 4.08. The molecule has 140 valence electrons. The molecule has 0 bridgehead atoms. The average Bonchev–Trinajstić information content (AvgIpc) is 3.26. The van der Waals surface area contributed by atoms with Crippen molar-refractivity contribution in [2.45, 2.75) is 37.4 Å². The van der Waals surface area contributed by atoms with Gasteiger partial charge < -0.3 is 9.32 Å². The fourth-order valence-electron chi connectivity index (χ4n) is 3.07. The molecule has 0 saturated heterocycles. The number of amides is 1. The fourth-order valence-corrected chi connectivity index (χ4v) is 3.89. The molecule has 1 aliphatic carbocycles. The number of para-hydroxylation sites is 1. The second-order valence-electron chi connectivity index (χ2n) is 6.54. The van der Waals surface area contributed by atoms with Crippen LogP contribution in [0.15, 0.2) is 58.3 Å². The zero-order valence-corrected chi connectivity index (χ0v) is 16.1. The average molecular weight is 382 g/mol. The maximum atomic E-state index is 12.8. The second kappa shape index (κ2) is 8.00.